The lowest BCUT2D eigenvalue weighted by Gasteiger charge is -2.40. The Labute approximate surface area is 160 Å². The molecule has 0 aliphatic carbocycles. The first-order chi connectivity index (χ1) is 12.4. The average Bonchev–Trinajstić information content (AvgIpc) is 2.60. The predicted molar refractivity (Wildman–Crippen MR) is 110 cm³/mol. The minimum atomic E-state index is 0.0594. The number of hydrogen-bond acceptors (Lipinski definition) is 4. The third-order valence-corrected chi connectivity index (χ3v) is 5.50. The summed E-state index contributed by atoms with van der Waals surface area (Å²) in [5.41, 5.74) is 0.0594. The van der Waals surface area contributed by atoms with Gasteiger partial charge in [0.05, 0.1) is 19.8 Å². The largest absolute Gasteiger partial charge is 0.379 e. The molecule has 2 unspecified atom stereocenters. The van der Waals surface area contributed by atoms with Crippen LogP contribution in [-0.2, 0) is 4.74 Å². The second-order valence-electron chi connectivity index (χ2n) is 8.74. The summed E-state index contributed by atoms with van der Waals surface area (Å²) in [5.74, 6) is 2.57. The monoisotopic (exact) mass is 367 g/mol. The molecule has 0 spiro atoms. The van der Waals surface area contributed by atoms with E-state index in [1.807, 2.05) is 0 Å². The summed E-state index contributed by atoms with van der Waals surface area (Å²) < 4.78 is 5.48. The zero-order valence-corrected chi connectivity index (χ0v) is 17.7. The molecule has 2 fully saturated rings. The molecule has 0 saturated carbocycles. The van der Waals surface area contributed by atoms with Crippen molar-refractivity contribution in [1.82, 2.24) is 20.4 Å². The molecular formula is C20H41N5O. The molecule has 0 aromatic rings. The fourth-order valence-electron chi connectivity index (χ4n) is 4.19. The molecule has 2 heterocycles. The highest BCUT2D eigenvalue weighted by molar-refractivity contribution is 5.79. The van der Waals surface area contributed by atoms with Gasteiger partial charge in [-0.2, -0.15) is 0 Å². The molecule has 0 bridgehead atoms. The minimum absolute atomic E-state index is 0.0594. The normalized spacial score (nSPS) is 26.7. The molecule has 0 aromatic heterocycles. The van der Waals surface area contributed by atoms with Crippen molar-refractivity contribution >= 4 is 5.96 Å². The van der Waals surface area contributed by atoms with Crippen LogP contribution < -0.4 is 10.6 Å². The van der Waals surface area contributed by atoms with Crippen LogP contribution in [-0.4, -0.2) is 86.9 Å². The van der Waals surface area contributed by atoms with Crippen LogP contribution >= 0.6 is 0 Å². The van der Waals surface area contributed by atoms with Gasteiger partial charge < -0.3 is 20.3 Å². The third kappa shape index (κ3) is 7.05. The Kier molecular flexibility index (Phi) is 8.64. The van der Waals surface area contributed by atoms with Gasteiger partial charge in [0.25, 0.3) is 0 Å². The number of nitrogens with one attached hydrogen (secondary N) is 2. The van der Waals surface area contributed by atoms with Crippen molar-refractivity contribution in [3.63, 3.8) is 0 Å². The lowest BCUT2D eigenvalue weighted by atomic mass is 9.92. The maximum absolute atomic E-state index is 5.48. The van der Waals surface area contributed by atoms with Gasteiger partial charge in [0.1, 0.15) is 0 Å². The highest BCUT2D eigenvalue weighted by Crippen LogP contribution is 2.20. The van der Waals surface area contributed by atoms with Crippen molar-refractivity contribution in [2.45, 2.75) is 46.6 Å². The SMILES string of the molecule is CCNC(=NCC(C)(C)N1CCOCC1)NCCN1CC(C)CC(C)C1. The molecule has 2 saturated heterocycles. The van der Waals surface area contributed by atoms with Gasteiger partial charge in [-0.1, -0.05) is 13.8 Å². The van der Waals surface area contributed by atoms with Crippen LogP contribution in [0.3, 0.4) is 0 Å². The lowest BCUT2D eigenvalue weighted by molar-refractivity contribution is -0.00683. The fourth-order valence-corrected chi connectivity index (χ4v) is 4.19. The molecular weight excluding hydrogens is 326 g/mol. The van der Waals surface area contributed by atoms with E-state index in [2.05, 4.69) is 55.1 Å². The van der Waals surface area contributed by atoms with Gasteiger partial charge in [-0.15, -0.1) is 0 Å². The maximum Gasteiger partial charge on any atom is 0.191 e. The van der Waals surface area contributed by atoms with Crippen molar-refractivity contribution in [1.29, 1.82) is 0 Å². The zero-order chi connectivity index (χ0) is 19.0. The second kappa shape index (κ2) is 10.5. The number of nitrogens with zero attached hydrogens (tertiary/aromatic N) is 3. The number of hydrogen-bond donors (Lipinski definition) is 2. The van der Waals surface area contributed by atoms with Crippen LogP contribution in [0.1, 0.15) is 41.0 Å². The zero-order valence-electron chi connectivity index (χ0n) is 17.7. The molecule has 2 atom stereocenters. The molecule has 152 valence electrons. The minimum Gasteiger partial charge on any atom is -0.379 e. The summed E-state index contributed by atoms with van der Waals surface area (Å²) >= 11 is 0. The van der Waals surface area contributed by atoms with Crippen molar-refractivity contribution in [3.05, 3.63) is 0 Å². The van der Waals surface area contributed by atoms with E-state index in [1.54, 1.807) is 0 Å². The molecule has 2 aliphatic rings. The quantitative estimate of drug-likeness (QED) is 0.529. The number of rotatable bonds is 7. The summed E-state index contributed by atoms with van der Waals surface area (Å²) in [6, 6.07) is 0. The van der Waals surface area contributed by atoms with E-state index in [4.69, 9.17) is 9.73 Å². The number of morpholine rings is 1. The fraction of sp³-hybridized carbons (Fsp3) is 0.950. The third-order valence-electron chi connectivity index (χ3n) is 5.50. The summed E-state index contributed by atoms with van der Waals surface area (Å²) in [7, 11) is 0. The highest BCUT2D eigenvalue weighted by Gasteiger charge is 2.28. The Hall–Kier alpha value is -0.850. The van der Waals surface area contributed by atoms with Crippen LogP contribution in [0.15, 0.2) is 4.99 Å². The van der Waals surface area contributed by atoms with Gasteiger partial charge in [0.2, 0.25) is 0 Å². The Balaban J connectivity index is 1.80. The van der Waals surface area contributed by atoms with Crippen LogP contribution in [0.25, 0.3) is 0 Å². The first-order valence-electron chi connectivity index (χ1n) is 10.5. The number of piperidine rings is 1. The lowest BCUT2D eigenvalue weighted by Crippen LogP contribution is -2.52. The van der Waals surface area contributed by atoms with Gasteiger partial charge in [-0.3, -0.25) is 9.89 Å². The Morgan fingerprint density at radius 2 is 1.77 bits per heavy atom. The Bertz CT molecular complexity index is 424. The van der Waals surface area contributed by atoms with Crippen molar-refractivity contribution in [2.75, 3.05) is 65.6 Å². The van der Waals surface area contributed by atoms with Crippen molar-refractivity contribution in [2.24, 2.45) is 16.8 Å². The van der Waals surface area contributed by atoms with Gasteiger partial charge in [-0.25, -0.2) is 0 Å². The number of aliphatic imine (C=N–C) groups is 1. The van der Waals surface area contributed by atoms with Crippen LogP contribution in [0.5, 0.6) is 0 Å². The van der Waals surface area contributed by atoms with E-state index in [0.29, 0.717) is 0 Å². The summed E-state index contributed by atoms with van der Waals surface area (Å²) in [5, 5.41) is 6.92. The molecule has 2 rings (SSSR count). The Morgan fingerprint density at radius 3 is 2.38 bits per heavy atom. The second-order valence-corrected chi connectivity index (χ2v) is 8.74. The number of likely N-dealkylation sites (tertiary alicyclic amines) is 1. The van der Waals surface area contributed by atoms with Gasteiger partial charge in [-0.05, 0) is 39.0 Å². The predicted octanol–water partition coefficient (Wildman–Crippen LogP) is 1.63. The van der Waals surface area contributed by atoms with E-state index in [9.17, 15) is 0 Å². The molecule has 0 radical (unpaired) electrons. The average molecular weight is 368 g/mol. The highest BCUT2D eigenvalue weighted by atomic mass is 16.5. The maximum atomic E-state index is 5.48. The molecule has 2 aliphatic heterocycles. The Morgan fingerprint density at radius 1 is 1.12 bits per heavy atom. The molecule has 0 aromatic carbocycles. The molecule has 6 heteroatoms. The van der Waals surface area contributed by atoms with E-state index in [-0.39, 0.29) is 5.54 Å². The summed E-state index contributed by atoms with van der Waals surface area (Å²) in [6.45, 7) is 21.3. The topological polar surface area (TPSA) is 52.1 Å². The van der Waals surface area contributed by atoms with Crippen molar-refractivity contribution in [3.8, 4) is 0 Å². The van der Waals surface area contributed by atoms with E-state index in [1.165, 1.54) is 19.5 Å². The molecule has 0 amide bonds. The van der Waals surface area contributed by atoms with Crippen LogP contribution in [0.4, 0.5) is 0 Å². The summed E-state index contributed by atoms with van der Waals surface area (Å²) in [6.07, 6.45) is 1.37. The van der Waals surface area contributed by atoms with Crippen molar-refractivity contribution < 1.29 is 4.74 Å². The first-order valence-corrected chi connectivity index (χ1v) is 10.5. The van der Waals surface area contributed by atoms with Crippen LogP contribution in [0.2, 0.25) is 0 Å². The van der Waals surface area contributed by atoms with E-state index < -0.39 is 0 Å². The summed E-state index contributed by atoms with van der Waals surface area (Å²) in [4.78, 5) is 9.94. The molecule has 6 nitrogen and oxygen atoms in total. The van der Waals surface area contributed by atoms with E-state index in [0.717, 1.165) is 70.3 Å². The molecule has 26 heavy (non-hydrogen) atoms. The van der Waals surface area contributed by atoms with E-state index >= 15 is 0 Å². The first kappa shape index (κ1) is 21.5. The van der Waals surface area contributed by atoms with Gasteiger partial charge in [0, 0.05) is 51.4 Å². The molecule has 2 N–H and O–H groups in total. The smallest absolute Gasteiger partial charge is 0.191 e. The number of guanidine groups is 1. The number of ether oxygens (including phenoxy) is 1. The van der Waals surface area contributed by atoms with Gasteiger partial charge >= 0.3 is 0 Å². The van der Waals surface area contributed by atoms with Gasteiger partial charge in [0.15, 0.2) is 5.96 Å². The standard InChI is InChI=1S/C20H41N5O/c1-6-21-19(22-7-8-24-14-17(2)13-18(3)15-24)23-16-20(4,5)25-9-11-26-12-10-25/h17-18H,6-16H2,1-5H3,(H2,21,22,23). The van der Waals surface area contributed by atoms with Crippen LogP contribution in [0, 0.1) is 11.8 Å².